The molecule has 0 aliphatic rings. The molecule has 3 N–H and O–H groups in total. The number of hydrogen-bond donors (Lipinski definition) is 2. The molecule has 0 atom stereocenters. The molecule has 3 rings (SSSR count). The van der Waals surface area contributed by atoms with Crippen molar-refractivity contribution >= 4 is 40.1 Å². The number of benzene rings is 1. The van der Waals surface area contributed by atoms with E-state index < -0.39 is 0 Å². The summed E-state index contributed by atoms with van der Waals surface area (Å²) in [5, 5.41) is 3.16. The first-order valence-electron chi connectivity index (χ1n) is 5.25. The van der Waals surface area contributed by atoms with Crippen LogP contribution in [0.15, 0.2) is 46.7 Å². The van der Waals surface area contributed by atoms with Crippen LogP contribution < -0.4 is 5.73 Å². The third-order valence-electron chi connectivity index (χ3n) is 2.50. The second-order valence-corrected chi connectivity index (χ2v) is 5.11. The lowest BCUT2D eigenvalue weighted by atomic mass is 10.3. The van der Waals surface area contributed by atoms with Gasteiger partial charge in [0.05, 0.1) is 5.03 Å². The van der Waals surface area contributed by atoms with Gasteiger partial charge in [0.15, 0.2) is 0 Å². The fourth-order valence-electron chi connectivity index (χ4n) is 1.64. The van der Waals surface area contributed by atoms with Crippen LogP contribution in [0.25, 0.3) is 10.9 Å². The van der Waals surface area contributed by atoms with Gasteiger partial charge in [0.2, 0.25) is 0 Å². The van der Waals surface area contributed by atoms with Gasteiger partial charge in [-0.1, -0.05) is 41.6 Å². The molecule has 6 heteroatoms. The van der Waals surface area contributed by atoms with Gasteiger partial charge in [0.1, 0.15) is 22.2 Å². The number of rotatable bonds is 2. The first-order valence-corrected chi connectivity index (χ1v) is 6.45. The van der Waals surface area contributed by atoms with E-state index in [1.54, 1.807) is 0 Å². The van der Waals surface area contributed by atoms with Crippen LogP contribution in [0.2, 0.25) is 5.02 Å². The summed E-state index contributed by atoms with van der Waals surface area (Å²) < 4.78 is 0. The summed E-state index contributed by atoms with van der Waals surface area (Å²) in [6.07, 6.45) is 1.41. The Labute approximate surface area is 113 Å². The number of aromatic nitrogens is 3. The predicted octanol–water partition coefficient (Wildman–Crippen LogP) is 3.34. The summed E-state index contributed by atoms with van der Waals surface area (Å²) in [5.74, 6) is 0.297. The molecule has 0 fully saturated rings. The van der Waals surface area contributed by atoms with E-state index in [4.69, 9.17) is 17.3 Å². The Kier molecular flexibility index (Phi) is 2.85. The minimum Gasteiger partial charge on any atom is -0.382 e. The van der Waals surface area contributed by atoms with E-state index in [1.807, 2.05) is 24.3 Å². The van der Waals surface area contributed by atoms with Crippen molar-refractivity contribution in [3.63, 3.8) is 0 Å². The highest BCUT2D eigenvalue weighted by Gasteiger charge is 2.09. The molecule has 0 amide bonds. The van der Waals surface area contributed by atoms with E-state index in [0.717, 1.165) is 15.9 Å². The highest BCUT2D eigenvalue weighted by atomic mass is 35.5. The summed E-state index contributed by atoms with van der Waals surface area (Å²) in [7, 11) is 0. The maximum absolute atomic E-state index is 6.06. The summed E-state index contributed by atoms with van der Waals surface area (Å²) in [6, 6.07) is 10.1. The van der Waals surface area contributed by atoms with Gasteiger partial charge in [-0.2, -0.15) is 0 Å². The summed E-state index contributed by atoms with van der Waals surface area (Å²) in [6.45, 7) is 0. The van der Waals surface area contributed by atoms with Crippen molar-refractivity contribution in [2.75, 3.05) is 5.73 Å². The molecule has 3 aromatic rings. The van der Waals surface area contributed by atoms with Crippen LogP contribution in [0, 0.1) is 0 Å². The lowest BCUT2D eigenvalue weighted by Gasteiger charge is -2.02. The largest absolute Gasteiger partial charge is 0.382 e. The molecule has 0 aliphatic carbocycles. The summed E-state index contributed by atoms with van der Waals surface area (Å²) in [5.41, 5.74) is 6.72. The lowest BCUT2D eigenvalue weighted by molar-refractivity contribution is 1.05. The maximum Gasteiger partial charge on any atom is 0.146 e. The number of anilines is 1. The average Bonchev–Trinajstić information content (AvgIpc) is 2.77. The van der Waals surface area contributed by atoms with Gasteiger partial charge >= 0.3 is 0 Å². The van der Waals surface area contributed by atoms with Gasteiger partial charge < -0.3 is 10.7 Å². The number of nitrogens with two attached hydrogens (primary N) is 1. The molecule has 4 nitrogen and oxygen atoms in total. The Morgan fingerprint density at radius 1 is 1.22 bits per heavy atom. The zero-order valence-electron chi connectivity index (χ0n) is 9.22. The van der Waals surface area contributed by atoms with E-state index >= 15 is 0 Å². The highest BCUT2D eigenvalue weighted by Crippen LogP contribution is 2.34. The average molecular weight is 277 g/mol. The van der Waals surface area contributed by atoms with Crippen LogP contribution in [0.4, 0.5) is 5.82 Å². The molecule has 2 heterocycles. The second-order valence-electron chi connectivity index (χ2n) is 3.70. The first kappa shape index (κ1) is 11.4. The number of nitrogens with one attached hydrogen (secondary N) is 1. The smallest absolute Gasteiger partial charge is 0.146 e. The number of H-pyrrole nitrogens is 1. The quantitative estimate of drug-likeness (QED) is 0.705. The van der Waals surface area contributed by atoms with E-state index in [9.17, 15) is 0 Å². The molecule has 0 bridgehead atoms. The van der Waals surface area contributed by atoms with Crippen molar-refractivity contribution in [2.45, 2.75) is 10.1 Å². The molecule has 0 unspecified atom stereocenters. The van der Waals surface area contributed by atoms with Gasteiger partial charge in [-0.15, -0.1) is 0 Å². The van der Waals surface area contributed by atoms with Gasteiger partial charge in [0, 0.05) is 10.9 Å². The van der Waals surface area contributed by atoms with Gasteiger partial charge in [-0.3, -0.25) is 0 Å². The minimum absolute atomic E-state index is 0.297. The number of fused-ring (bicyclic) bond motifs is 1. The third-order valence-corrected chi connectivity index (χ3v) is 3.92. The molecule has 18 heavy (non-hydrogen) atoms. The molecule has 0 saturated carbocycles. The Morgan fingerprint density at radius 2 is 2.06 bits per heavy atom. The van der Waals surface area contributed by atoms with Crippen molar-refractivity contribution in [3.05, 3.63) is 41.7 Å². The van der Waals surface area contributed by atoms with E-state index in [2.05, 4.69) is 21.0 Å². The number of nitrogens with zero attached hydrogens (tertiary/aromatic N) is 2. The van der Waals surface area contributed by atoms with Gasteiger partial charge in [-0.25, -0.2) is 9.97 Å². The van der Waals surface area contributed by atoms with Crippen LogP contribution in [0.5, 0.6) is 0 Å². The fourth-order valence-corrected chi connectivity index (χ4v) is 2.71. The van der Waals surface area contributed by atoms with Crippen LogP contribution >= 0.6 is 23.4 Å². The topological polar surface area (TPSA) is 67.6 Å². The molecular formula is C12H9ClN4S. The Hall–Kier alpha value is -1.72. The number of halogens is 1. The van der Waals surface area contributed by atoms with Crippen molar-refractivity contribution < 1.29 is 0 Å². The second kappa shape index (κ2) is 4.51. The number of nitrogen functional groups attached to an aromatic ring is 1. The molecule has 0 aliphatic heterocycles. The normalized spacial score (nSPS) is 10.9. The van der Waals surface area contributed by atoms with Gasteiger partial charge in [-0.05, 0) is 12.1 Å². The SMILES string of the molecule is Nc1ncnc(Sc2cc3ccccc3[nH]2)c1Cl. The Balaban J connectivity index is 1.99. The van der Waals surface area contributed by atoms with Crippen LogP contribution in [0.1, 0.15) is 0 Å². The summed E-state index contributed by atoms with van der Waals surface area (Å²) >= 11 is 7.49. The van der Waals surface area contributed by atoms with Crippen molar-refractivity contribution in [3.8, 4) is 0 Å². The molecule has 2 aromatic heterocycles. The van der Waals surface area contributed by atoms with Crippen LogP contribution in [-0.4, -0.2) is 15.0 Å². The zero-order valence-corrected chi connectivity index (χ0v) is 10.8. The fraction of sp³-hybridized carbons (Fsp3) is 0. The Morgan fingerprint density at radius 3 is 2.89 bits per heavy atom. The van der Waals surface area contributed by atoms with E-state index in [0.29, 0.717) is 15.9 Å². The number of aromatic amines is 1. The monoisotopic (exact) mass is 276 g/mol. The van der Waals surface area contributed by atoms with Crippen LogP contribution in [-0.2, 0) is 0 Å². The van der Waals surface area contributed by atoms with Crippen LogP contribution in [0.3, 0.4) is 0 Å². The zero-order chi connectivity index (χ0) is 12.5. The molecule has 90 valence electrons. The number of hydrogen-bond acceptors (Lipinski definition) is 4. The highest BCUT2D eigenvalue weighted by molar-refractivity contribution is 7.99. The minimum atomic E-state index is 0.297. The maximum atomic E-state index is 6.06. The molecular weight excluding hydrogens is 268 g/mol. The predicted molar refractivity (Wildman–Crippen MR) is 73.9 cm³/mol. The van der Waals surface area contributed by atoms with E-state index in [-0.39, 0.29) is 0 Å². The van der Waals surface area contributed by atoms with Crippen molar-refractivity contribution in [1.82, 2.24) is 15.0 Å². The summed E-state index contributed by atoms with van der Waals surface area (Å²) in [4.78, 5) is 11.3. The van der Waals surface area contributed by atoms with Crippen molar-refractivity contribution in [2.24, 2.45) is 0 Å². The standard InChI is InChI=1S/C12H9ClN4S/c13-10-11(14)15-6-16-12(10)18-9-5-7-3-1-2-4-8(7)17-9/h1-6,17H,(H2,14,15,16). The third kappa shape index (κ3) is 2.02. The van der Waals surface area contributed by atoms with Crippen molar-refractivity contribution in [1.29, 1.82) is 0 Å². The Bertz CT molecular complexity index is 677. The molecule has 0 spiro atoms. The lowest BCUT2D eigenvalue weighted by Crippen LogP contribution is -1.94. The molecule has 0 saturated heterocycles. The molecule has 0 radical (unpaired) electrons. The van der Waals surface area contributed by atoms with E-state index in [1.165, 1.54) is 18.1 Å². The number of para-hydroxylation sites is 1. The first-order chi connectivity index (χ1) is 8.74. The molecule has 1 aromatic carbocycles. The van der Waals surface area contributed by atoms with Gasteiger partial charge in [0.25, 0.3) is 0 Å².